The molecular weight excluding hydrogens is 188 g/mol. The molecule has 1 aliphatic rings. The lowest BCUT2D eigenvalue weighted by Gasteiger charge is -2.12. The maximum absolute atomic E-state index is 12.1. The third kappa shape index (κ3) is 2.12. The maximum atomic E-state index is 12.1. The molecule has 0 amide bonds. The van der Waals surface area contributed by atoms with Crippen molar-refractivity contribution in [2.75, 3.05) is 6.54 Å². The zero-order valence-electron chi connectivity index (χ0n) is 9.20. The number of rotatable bonds is 3. The first kappa shape index (κ1) is 10.4. The number of hydrogen-bond donors (Lipinski definition) is 1. The first-order valence-corrected chi connectivity index (χ1v) is 5.75. The molecule has 0 radical (unpaired) electrons. The molecule has 0 spiro atoms. The number of hydrogen-bond acceptors (Lipinski definition) is 2. The molecule has 1 unspecified atom stereocenters. The Kier molecular flexibility index (Phi) is 3.21. The van der Waals surface area contributed by atoms with E-state index < -0.39 is 0 Å². The molecular formula is C12H18N2O. The summed E-state index contributed by atoms with van der Waals surface area (Å²) in [6, 6.07) is 4.21. The second-order valence-corrected chi connectivity index (χ2v) is 4.11. The van der Waals surface area contributed by atoms with E-state index in [0.29, 0.717) is 0 Å². The molecule has 1 fully saturated rings. The van der Waals surface area contributed by atoms with Gasteiger partial charge in [-0.2, -0.15) is 0 Å². The summed E-state index contributed by atoms with van der Waals surface area (Å²) >= 11 is 0. The first-order valence-electron chi connectivity index (χ1n) is 5.75. The average Bonchev–Trinajstić information content (AvgIpc) is 2.74. The summed E-state index contributed by atoms with van der Waals surface area (Å²) < 4.78 is 1.81. The van der Waals surface area contributed by atoms with Crippen LogP contribution in [-0.2, 0) is 6.54 Å². The van der Waals surface area contributed by atoms with E-state index >= 15 is 0 Å². The molecule has 82 valence electrons. The summed E-state index contributed by atoms with van der Waals surface area (Å²) in [5.74, 6) is 0. The van der Waals surface area contributed by atoms with Gasteiger partial charge >= 0.3 is 0 Å². The average molecular weight is 206 g/mol. The molecule has 3 heteroatoms. The smallest absolute Gasteiger partial charge is 0.255 e. The van der Waals surface area contributed by atoms with Crippen LogP contribution in [0.1, 0.15) is 37.8 Å². The van der Waals surface area contributed by atoms with Crippen molar-refractivity contribution >= 4 is 0 Å². The molecule has 1 N–H and O–H groups in total. The van der Waals surface area contributed by atoms with Crippen molar-refractivity contribution in [3.63, 3.8) is 0 Å². The van der Waals surface area contributed by atoms with E-state index in [1.54, 1.807) is 0 Å². The van der Waals surface area contributed by atoms with E-state index in [0.717, 1.165) is 31.5 Å². The quantitative estimate of drug-likeness (QED) is 0.816. The Balaban J connectivity index is 2.30. The van der Waals surface area contributed by atoms with Gasteiger partial charge in [0.1, 0.15) is 0 Å². The summed E-state index contributed by atoms with van der Waals surface area (Å²) in [4.78, 5) is 12.1. The number of aryl methyl sites for hydroxylation is 1. The zero-order chi connectivity index (χ0) is 10.7. The monoisotopic (exact) mass is 206 g/mol. The topological polar surface area (TPSA) is 34.0 Å². The normalized spacial score (nSPS) is 20.7. The van der Waals surface area contributed by atoms with E-state index in [4.69, 9.17) is 0 Å². The van der Waals surface area contributed by atoms with Crippen molar-refractivity contribution in [1.82, 2.24) is 9.88 Å². The van der Waals surface area contributed by atoms with Gasteiger partial charge in [0, 0.05) is 24.3 Å². The van der Waals surface area contributed by atoms with Gasteiger partial charge in [-0.05, 0) is 31.9 Å². The van der Waals surface area contributed by atoms with Gasteiger partial charge in [0.2, 0.25) is 0 Å². The maximum Gasteiger partial charge on any atom is 0.255 e. The van der Waals surface area contributed by atoms with Gasteiger partial charge in [-0.1, -0.05) is 13.0 Å². The van der Waals surface area contributed by atoms with E-state index in [9.17, 15) is 4.79 Å². The molecule has 15 heavy (non-hydrogen) atoms. The lowest BCUT2D eigenvalue weighted by atomic mass is 10.1. The minimum Gasteiger partial charge on any atom is -0.315 e. The molecule has 0 saturated carbocycles. The predicted octanol–water partition coefficient (Wildman–Crippen LogP) is 1.68. The highest BCUT2D eigenvalue weighted by atomic mass is 16.1. The van der Waals surface area contributed by atoms with Crippen LogP contribution in [0.2, 0.25) is 0 Å². The Morgan fingerprint density at radius 3 is 3.13 bits per heavy atom. The third-order valence-corrected chi connectivity index (χ3v) is 2.95. The lowest BCUT2D eigenvalue weighted by molar-refractivity contribution is 0.600. The van der Waals surface area contributed by atoms with Crippen LogP contribution < -0.4 is 10.9 Å². The Bertz CT molecular complexity index is 377. The summed E-state index contributed by atoms with van der Waals surface area (Å²) in [6.45, 7) is 3.94. The van der Waals surface area contributed by atoms with E-state index in [2.05, 4.69) is 12.2 Å². The Hall–Kier alpha value is -1.09. The molecule has 0 aliphatic carbocycles. The van der Waals surface area contributed by atoms with Crippen molar-refractivity contribution in [2.24, 2.45) is 0 Å². The van der Waals surface area contributed by atoms with Gasteiger partial charge in [0.25, 0.3) is 5.56 Å². The van der Waals surface area contributed by atoms with Crippen molar-refractivity contribution < 1.29 is 0 Å². The fourth-order valence-corrected chi connectivity index (χ4v) is 2.19. The molecule has 0 bridgehead atoms. The van der Waals surface area contributed by atoms with Crippen LogP contribution in [-0.4, -0.2) is 11.1 Å². The number of nitrogens with one attached hydrogen (secondary N) is 1. The highest BCUT2D eigenvalue weighted by molar-refractivity contribution is 5.16. The van der Waals surface area contributed by atoms with Crippen LogP contribution >= 0.6 is 0 Å². The van der Waals surface area contributed by atoms with Gasteiger partial charge in [-0.3, -0.25) is 4.79 Å². The fraction of sp³-hybridized carbons (Fsp3) is 0.583. The van der Waals surface area contributed by atoms with Crippen molar-refractivity contribution in [3.8, 4) is 0 Å². The molecule has 1 atom stereocenters. The van der Waals surface area contributed by atoms with Crippen LogP contribution in [0.25, 0.3) is 0 Å². The fourth-order valence-electron chi connectivity index (χ4n) is 2.19. The van der Waals surface area contributed by atoms with Crippen molar-refractivity contribution in [2.45, 2.75) is 38.8 Å². The Morgan fingerprint density at radius 1 is 1.60 bits per heavy atom. The van der Waals surface area contributed by atoms with Crippen molar-refractivity contribution in [3.05, 3.63) is 34.2 Å². The van der Waals surface area contributed by atoms with Crippen LogP contribution in [0.5, 0.6) is 0 Å². The summed E-state index contributed by atoms with van der Waals surface area (Å²) in [6.07, 6.45) is 5.14. The second kappa shape index (κ2) is 4.62. The molecule has 1 aromatic rings. The minimum absolute atomic E-state index is 0.179. The largest absolute Gasteiger partial charge is 0.315 e. The molecule has 1 aromatic heterocycles. The molecule has 0 aromatic carbocycles. The zero-order valence-corrected chi connectivity index (χ0v) is 9.20. The molecule has 3 nitrogen and oxygen atoms in total. The van der Waals surface area contributed by atoms with Crippen LogP contribution in [0.3, 0.4) is 0 Å². The van der Waals surface area contributed by atoms with Crippen LogP contribution in [0.15, 0.2) is 23.1 Å². The first-order chi connectivity index (χ1) is 7.33. The van der Waals surface area contributed by atoms with E-state index in [1.165, 1.54) is 6.42 Å². The Morgan fingerprint density at radius 2 is 2.47 bits per heavy atom. The molecule has 1 saturated heterocycles. The number of pyridine rings is 1. The molecule has 2 heterocycles. The van der Waals surface area contributed by atoms with E-state index in [-0.39, 0.29) is 11.6 Å². The third-order valence-electron chi connectivity index (χ3n) is 2.95. The van der Waals surface area contributed by atoms with Gasteiger partial charge in [-0.25, -0.2) is 0 Å². The second-order valence-electron chi connectivity index (χ2n) is 4.11. The number of nitrogens with zero attached hydrogens (tertiary/aromatic N) is 1. The highest BCUT2D eigenvalue weighted by Crippen LogP contribution is 2.19. The van der Waals surface area contributed by atoms with Crippen LogP contribution in [0.4, 0.5) is 0 Å². The van der Waals surface area contributed by atoms with Gasteiger partial charge in [0.05, 0.1) is 0 Å². The molecule has 1 aliphatic heterocycles. The summed E-state index contributed by atoms with van der Waals surface area (Å²) in [5.41, 5.74) is 1.11. The highest BCUT2D eigenvalue weighted by Gasteiger charge is 2.19. The minimum atomic E-state index is 0.179. The summed E-state index contributed by atoms with van der Waals surface area (Å²) in [7, 11) is 0. The predicted molar refractivity (Wildman–Crippen MR) is 61.0 cm³/mol. The number of aromatic nitrogens is 1. The standard InChI is InChI=1S/C12H18N2O/c1-2-8-14-9-4-5-10(12(14)15)11-6-3-7-13-11/h4-5,9,11,13H,2-3,6-8H2,1H3. The molecule has 2 rings (SSSR count). The SMILES string of the molecule is CCCn1cccc(C2CCCN2)c1=O. The van der Waals surface area contributed by atoms with Gasteiger partial charge in [-0.15, -0.1) is 0 Å². The summed E-state index contributed by atoms with van der Waals surface area (Å²) in [5, 5.41) is 3.37. The van der Waals surface area contributed by atoms with Gasteiger partial charge < -0.3 is 9.88 Å². The van der Waals surface area contributed by atoms with Gasteiger partial charge in [0.15, 0.2) is 0 Å². The lowest BCUT2D eigenvalue weighted by Crippen LogP contribution is -2.27. The Labute approximate surface area is 90.1 Å². The van der Waals surface area contributed by atoms with E-state index in [1.807, 2.05) is 22.9 Å². The van der Waals surface area contributed by atoms with Crippen molar-refractivity contribution in [1.29, 1.82) is 0 Å². The van der Waals surface area contributed by atoms with Crippen LogP contribution in [0, 0.1) is 0 Å².